The summed E-state index contributed by atoms with van der Waals surface area (Å²) in [6, 6.07) is 4.83. The number of thioether (sulfide) groups is 1. The minimum atomic E-state index is -0.623. The fourth-order valence-corrected chi connectivity index (χ4v) is 3.66. The van der Waals surface area contributed by atoms with Crippen LogP contribution >= 0.6 is 11.8 Å². The van der Waals surface area contributed by atoms with Gasteiger partial charge in [-0.15, -0.1) is 0 Å². The molecular weight excluding hydrogens is 314 g/mol. The number of hydrogen-bond acceptors (Lipinski definition) is 4. The molecule has 3 amide bonds. The van der Waals surface area contributed by atoms with Crippen LogP contribution in [0.3, 0.4) is 0 Å². The Morgan fingerprint density at radius 3 is 2.91 bits per heavy atom. The first-order chi connectivity index (χ1) is 10.9. The average Bonchev–Trinajstić information content (AvgIpc) is 2.67. The SMILES string of the molecule is CC1(C)C(=O)Nc2ccc(NC(=O)[C@H]3CSCCC(=O)N3)cc21. The molecule has 0 saturated carbocycles. The Morgan fingerprint density at radius 2 is 2.13 bits per heavy atom. The third-order valence-corrected chi connectivity index (χ3v) is 5.25. The van der Waals surface area contributed by atoms with E-state index in [1.807, 2.05) is 19.9 Å². The molecule has 0 aromatic heterocycles. The molecule has 3 rings (SSSR count). The smallest absolute Gasteiger partial charge is 0.247 e. The highest BCUT2D eigenvalue weighted by Gasteiger charge is 2.38. The number of hydrogen-bond donors (Lipinski definition) is 3. The molecule has 1 aromatic rings. The number of benzene rings is 1. The van der Waals surface area contributed by atoms with Crippen LogP contribution in [0.15, 0.2) is 18.2 Å². The van der Waals surface area contributed by atoms with E-state index in [-0.39, 0.29) is 17.7 Å². The fourth-order valence-electron chi connectivity index (χ4n) is 2.69. The summed E-state index contributed by atoms with van der Waals surface area (Å²) in [4.78, 5) is 35.9. The van der Waals surface area contributed by atoms with Gasteiger partial charge in [-0.25, -0.2) is 0 Å². The lowest BCUT2D eigenvalue weighted by molar-refractivity contribution is -0.125. The van der Waals surface area contributed by atoms with Crippen molar-refractivity contribution < 1.29 is 14.4 Å². The van der Waals surface area contributed by atoms with Crippen molar-refractivity contribution >= 4 is 40.9 Å². The molecule has 2 aliphatic heterocycles. The minimum absolute atomic E-state index is 0.0524. The molecule has 6 nitrogen and oxygen atoms in total. The first-order valence-corrected chi connectivity index (χ1v) is 8.67. The molecule has 2 aliphatic rings. The Labute approximate surface area is 138 Å². The van der Waals surface area contributed by atoms with Crippen molar-refractivity contribution in [3.63, 3.8) is 0 Å². The first kappa shape index (κ1) is 15.9. The van der Waals surface area contributed by atoms with Crippen LogP contribution in [0.4, 0.5) is 11.4 Å². The lowest BCUT2D eigenvalue weighted by Crippen LogP contribution is -2.44. The quantitative estimate of drug-likeness (QED) is 0.765. The summed E-state index contributed by atoms with van der Waals surface area (Å²) in [6.45, 7) is 3.70. The molecule has 0 radical (unpaired) electrons. The van der Waals surface area contributed by atoms with Crippen LogP contribution in [0.1, 0.15) is 25.8 Å². The highest BCUT2D eigenvalue weighted by molar-refractivity contribution is 7.99. The highest BCUT2D eigenvalue weighted by atomic mass is 32.2. The van der Waals surface area contributed by atoms with E-state index in [1.54, 1.807) is 23.9 Å². The third kappa shape index (κ3) is 3.06. The summed E-state index contributed by atoms with van der Waals surface area (Å²) in [5.74, 6) is 0.913. The number of nitrogens with one attached hydrogen (secondary N) is 3. The molecule has 122 valence electrons. The van der Waals surface area contributed by atoms with Gasteiger partial charge in [0, 0.05) is 29.3 Å². The van der Waals surface area contributed by atoms with Crippen molar-refractivity contribution in [1.82, 2.24) is 5.32 Å². The van der Waals surface area contributed by atoms with E-state index in [0.29, 0.717) is 17.9 Å². The van der Waals surface area contributed by atoms with Gasteiger partial charge in [-0.3, -0.25) is 14.4 Å². The average molecular weight is 333 g/mol. The molecule has 1 fully saturated rings. The summed E-state index contributed by atoms with van der Waals surface area (Å²) in [6.07, 6.45) is 0.440. The highest BCUT2D eigenvalue weighted by Crippen LogP contribution is 2.38. The van der Waals surface area contributed by atoms with Gasteiger partial charge in [-0.2, -0.15) is 11.8 Å². The predicted octanol–water partition coefficient (Wildman–Crippen LogP) is 1.48. The van der Waals surface area contributed by atoms with Crippen LogP contribution in [0.2, 0.25) is 0 Å². The Morgan fingerprint density at radius 1 is 1.35 bits per heavy atom. The standard InChI is InChI=1S/C16H19N3O3S/c1-16(2)10-7-9(3-4-11(10)19-15(16)22)17-14(21)12-8-23-6-5-13(20)18-12/h3-4,7,12H,5-6,8H2,1-2H3,(H,17,21)(H,18,20)(H,19,22)/t12-/m1/s1. The van der Waals surface area contributed by atoms with Crippen molar-refractivity contribution in [2.75, 3.05) is 22.1 Å². The Kier molecular flexibility index (Phi) is 4.06. The van der Waals surface area contributed by atoms with Crippen molar-refractivity contribution in [2.45, 2.75) is 31.7 Å². The van der Waals surface area contributed by atoms with Crippen LogP contribution in [0.25, 0.3) is 0 Å². The zero-order valence-corrected chi connectivity index (χ0v) is 13.9. The van der Waals surface area contributed by atoms with Gasteiger partial charge >= 0.3 is 0 Å². The van der Waals surface area contributed by atoms with Crippen LogP contribution in [0, 0.1) is 0 Å². The predicted molar refractivity (Wildman–Crippen MR) is 90.6 cm³/mol. The monoisotopic (exact) mass is 333 g/mol. The lowest BCUT2D eigenvalue weighted by atomic mass is 9.86. The van der Waals surface area contributed by atoms with E-state index < -0.39 is 11.5 Å². The normalized spacial score (nSPS) is 22.6. The zero-order valence-electron chi connectivity index (χ0n) is 13.1. The van der Waals surface area contributed by atoms with E-state index in [4.69, 9.17) is 0 Å². The number of anilines is 2. The van der Waals surface area contributed by atoms with Gasteiger partial charge in [0.2, 0.25) is 17.7 Å². The summed E-state index contributed by atoms with van der Waals surface area (Å²) < 4.78 is 0. The molecule has 1 saturated heterocycles. The maximum Gasteiger partial charge on any atom is 0.247 e. The van der Waals surface area contributed by atoms with Gasteiger partial charge in [0.15, 0.2) is 0 Å². The van der Waals surface area contributed by atoms with E-state index in [0.717, 1.165) is 17.0 Å². The van der Waals surface area contributed by atoms with Crippen LogP contribution in [0.5, 0.6) is 0 Å². The molecule has 1 aromatic carbocycles. The van der Waals surface area contributed by atoms with Gasteiger partial charge < -0.3 is 16.0 Å². The number of carbonyl (C=O) groups excluding carboxylic acids is 3. The summed E-state index contributed by atoms with van der Waals surface area (Å²) >= 11 is 1.59. The molecule has 7 heteroatoms. The number of fused-ring (bicyclic) bond motifs is 1. The van der Waals surface area contributed by atoms with Crippen LogP contribution < -0.4 is 16.0 Å². The van der Waals surface area contributed by atoms with Crippen molar-refractivity contribution in [3.05, 3.63) is 23.8 Å². The number of rotatable bonds is 2. The number of amides is 3. The molecule has 0 aliphatic carbocycles. The topological polar surface area (TPSA) is 87.3 Å². The van der Waals surface area contributed by atoms with Gasteiger partial charge in [-0.1, -0.05) is 0 Å². The molecule has 0 bridgehead atoms. The van der Waals surface area contributed by atoms with E-state index in [1.165, 1.54) is 0 Å². The first-order valence-electron chi connectivity index (χ1n) is 7.52. The minimum Gasteiger partial charge on any atom is -0.343 e. The molecule has 3 N–H and O–H groups in total. The largest absolute Gasteiger partial charge is 0.343 e. The maximum atomic E-state index is 12.4. The summed E-state index contributed by atoms with van der Waals surface area (Å²) in [7, 11) is 0. The zero-order chi connectivity index (χ0) is 16.6. The second-order valence-corrected chi connectivity index (χ2v) is 7.42. The van der Waals surface area contributed by atoms with Crippen molar-refractivity contribution in [2.24, 2.45) is 0 Å². The fraction of sp³-hybridized carbons (Fsp3) is 0.438. The Balaban J connectivity index is 1.76. The summed E-state index contributed by atoms with van der Waals surface area (Å²) in [5.41, 5.74) is 1.64. The maximum absolute atomic E-state index is 12.4. The second-order valence-electron chi connectivity index (χ2n) is 6.27. The van der Waals surface area contributed by atoms with E-state index >= 15 is 0 Å². The van der Waals surface area contributed by atoms with Gasteiger partial charge in [-0.05, 0) is 37.6 Å². The van der Waals surface area contributed by atoms with Gasteiger partial charge in [0.1, 0.15) is 6.04 Å². The van der Waals surface area contributed by atoms with Crippen LogP contribution in [-0.2, 0) is 19.8 Å². The molecule has 2 heterocycles. The molecule has 0 unspecified atom stereocenters. The van der Waals surface area contributed by atoms with Crippen LogP contribution in [-0.4, -0.2) is 35.3 Å². The molecule has 1 atom stereocenters. The van der Waals surface area contributed by atoms with Gasteiger partial charge in [0.05, 0.1) is 5.41 Å². The third-order valence-electron chi connectivity index (χ3n) is 4.19. The molecular formula is C16H19N3O3S. The Hall–Kier alpha value is -2.02. The summed E-state index contributed by atoms with van der Waals surface area (Å²) in [5, 5.41) is 8.41. The molecule has 23 heavy (non-hydrogen) atoms. The van der Waals surface area contributed by atoms with Crippen molar-refractivity contribution in [3.8, 4) is 0 Å². The lowest BCUT2D eigenvalue weighted by Gasteiger charge is -2.18. The van der Waals surface area contributed by atoms with E-state index in [9.17, 15) is 14.4 Å². The van der Waals surface area contributed by atoms with Crippen molar-refractivity contribution in [1.29, 1.82) is 0 Å². The van der Waals surface area contributed by atoms with Gasteiger partial charge in [0.25, 0.3) is 0 Å². The second kappa shape index (κ2) is 5.88. The number of carbonyl (C=O) groups is 3. The van der Waals surface area contributed by atoms with E-state index in [2.05, 4.69) is 16.0 Å². The molecule has 0 spiro atoms. The Bertz CT molecular complexity index is 687.